The summed E-state index contributed by atoms with van der Waals surface area (Å²) in [5, 5.41) is 2.31. The number of hydrogen-bond donors (Lipinski definition) is 1. The minimum absolute atomic E-state index is 0.560. The van der Waals surface area contributed by atoms with Crippen LogP contribution in [-0.2, 0) is 12.8 Å². The first-order valence-electron chi connectivity index (χ1n) is 8.95. The van der Waals surface area contributed by atoms with Crippen molar-refractivity contribution in [1.29, 1.82) is 0 Å². The lowest BCUT2D eigenvalue weighted by atomic mass is 10.1. The molecule has 144 valence electrons. The molecule has 7 heteroatoms. The van der Waals surface area contributed by atoms with Crippen molar-refractivity contribution in [3.8, 4) is 5.75 Å². The lowest BCUT2D eigenvalue weighted by Gasteiger charge is -2.05. The molecule has 0 atom stereocenters. The summed E-state index contributed by atoms with van der Waals surface area (Å²) in [6.07, 6.45) is 11.8. The molecular formula is C21H22ClN5O. The SMILES string of the molecule is C=C(/C=c1/[nH]c(CC)c(Cl)/c1=C(/C)Oc1cnc(C)nc1)Cc1cncnc1. The second kappa shape index (κ2) is 8.80. The largest absolute Gasteiger partial charge is 0.458 e. The van der Waals surface area contributed by atoms with Gasteiger partial charge in [0.05, 0.1) is 28.0 Å². The molecule has 0 amide bonds. The standard InChI is InChI=1S/C21H22ClN5O/c1-5-18-21(22)20(14(3)28-17-10-25-15(4)26-11-17)19(27-18)7-13(2)6-16-8-23-12-24-9-16/h7-12,27H,2,5-6H2,1,3-4H3/b19-7+,20-14-. The Morgan fingerprint density at radius 2 is 1.89 bits per heavy atom. The van der Waals surface area contributed by atoms with Gasteiger partial charge in [0.15, 0.2) is 5.75 Å². The van der Waals surface area contributed by atoms with Crippen molar-refractivity contribution in [2.75, 3.05) is 0 Å². The van der Waals surface area contributed by atoms with Crippen molar-refractivity contribution in [2.45, 2.75) is 33.6 Å². The molecular weight excluding hydrogens is 374 g/mol. The molecule has 0 aliphatic heterocycles. The average Bonchev–Trinajstić information content (AvgIpc) is 2.99. The molecule has 0 aliphatic carbocycles. The first-order chi connectivity index (χ1) is 13.5. The topological polar surface area (TPSA) is 76.6 Å². The van der Waals surface area contributed by atoms with Crippen molar-refractivity contribution in [1.82, 2.24) is 24.9 Å². The highest BCUT2D eigenvalue weighted by molar-refractivity contribution is 6.31. The molecule has 3 heterocycles. The highest BCUT2D eigenvalue weighted by Crippen LogP contribution is 2.13. The van der Waals surface area contributed by atoms with Gasteiger partial charge >= 0.3 is 0 Å². The van der Waals surface area contributed by atoms with Crippen LogP contribution in [0.4, 0.5) is 0 Å². The van der Waals surface area contributed by atoms with Crippen LogP contribution in [0.15, 0.2) is 43.3 Å². The van der Waals surface area contributed by atoms with Gasteiger partial charge in [-0.05, 0) is 43.9 Å². The van der Waals surface area contributed by atoms with E-state index in [0.29, 0.717) is 28.8 Å². The Bertz CT molecular complexity index is 1090. The Morgan fingerprint density at radius 3 is 2.54 bits per heavy atom. The van der Waals surface area contributed by atoms with Gasteiger partial charge < -0.3 is 9.72 Å². The van der Waals surface area contributed by atoms with Crippen molar-refractivity contribution >= 4 is 23.4 Å². The summed E-state index contributed by atoms with van der Waals surface area (Å²) in [4.78, 5) is 19.8. The van der Waals surface area contributed by atoms with Crippen LogP contribution in [0.5, 0.6) is 5.75 Å². The van der Waals surface area contributed by atoms with Gasteiger partial charge in [-0.1, -0.05) is 25.1 Å². The van der Waals surface area contributed by atoms with Crippen molar-refractivity contribution in [3.05, 3.63) is 75.9 Å². The molecule has 0 aliphatic rings. The molecule has 0 spiro atoms. The first kappa shape index (κ1) is 19.8. The fourth-order valence-electron chi connectivity index (χ4n) is 2.84. The van der Waals surface area contributed by atoms with E-state index < -0.39 is 0 Å². The minimum Gasteiger partial charge on any atom is -0.458 e. The highest BCUT2D eigenvalue weighted by atomic mass is 35.5. The predicted molar refractivity (Wildman–Crippen MR) is 110 cm³/mol. The van der Waals surface area contributed by atoms with Crippen LogP contribution in [0.1, 0.15) is 30.9 Å². The second-order valence-corrected chi connectivity index (χ2v) is 6.79. The molecule has 0 aromatic carbocycles. The van der Waals surface area contributed by atoms with Gasteiger partial charge in [-0.3, -0.25) is 0 Å². The van der Waals surface area contributed by atoms with Crippen molar-refractivity contribution < 1.29 is 4.74 Å². The van der Waals surface area contributed by atoms with Crippen LogP contribution < -0.4 is 15.3 Å². The van der Waals surface area contributed by atoms with E-state index in [-0.39, 0.29) is 0 Å². The zero-order chi connectivity index (χ0) is 20.1. The van der Waals surface area contributed by atoms with Gasteiger partial charge in [-0.15, -0.1) is 0 Å². The number of halogens is 1. The van der Waals surface area contributed by atoms with Crippen LogP contribution >= 0.6 is 11.6 Å². The second-order valence-electron chi connectivity index (χ2n) is 6.41. The fourth-order valence-corrected chi connectivity index (χ4v) is 3.26. The van der Waals surface area contributed by atoms with E-state index in [0.717, 1.165) is 33.8 Å². The van der Waals surface area contributed by atoms with Gasteiger partial charge in [0, 0.05) is 18.1 Å². The average molecular weight is 396 g/mol. The quantitative estimate of drug-likeness (QED) is 0.694. The minimum atomic E-state index is 0.560. The van der Waals surface area contributed by atoms with Gasteiger partial charge in [0.25, 0.3) is 0 Å². The molecule has 0 saturated carbocycles. The molecule has 3 aromatic heterocycles. The molecule has 3 aromatic rings. The Labute approximate surface area is 168 Å². The molecule has 0 fully saturated rings. The molecule has 0 unspecified atom stereocenters. The molecule has 3 rings (SSSR count). The normalized spacial score (nSPS) is 12.8. The van der Waals surface area contributed by atoms with E-state index in [1.54, 1.807) is 24.8 Å². The Hall–Kier alpha value is -2.99. The van der Waals surface area contributed by atoms with E-state index in [1.165, 1.54) is 6.33 Å². The number of rotatable bonds is 6. The van der Waals surface area contributed by atoms with Gasteiger partial charge in [-0.25, -0.2) is 19.9 Å². The van der Waals surface area contributed by atoms with E-state index in [9.17, 15) is 0 Å². The zero-order valence-corrected chi connectivity index (χ0v) is 16.9. The van der Waals surface area contributed by atoms with Crippen molar-refractivity contribution in [3.63, 3.8) is 0 Å². The number of allylic oxidation sites excluding steroid dienone is 1. The van der Waals surface area contributed by atoms with Crippen LogP contribution in [0, 0.1) is 6.92 Å². The predicted octanol–water partition coefficient (Wildman–Crippen LogP) is 2.91. The molecule has 1 N–H and O–H groups in total. The summed E-state index contributed by atoms with van der Waals surface area (Å²) in [6.45, 7) is 9.91. The summed E-state index contributed by atoms with van der Waals surface area (Å²) in [7, 11) is 0. The van der Waals surface area contributed by atoms with Crippen LogP contribution in [-0.4, -0.2) is 24.9 Å². The number of nitrogens with one attached hydrogen (secondary N) is 1. The van der Waals surface area contributed by atoms with Crippen LogP contribution in [0.3, 0.4) is 0 Å². The van der Waals surface area contributed by atoms with E-state index in [4.69, 9.17) is 16.3 Å². The lowest BCUT2D eigenvalue weighted by Crippen LogP contribution is -2.27. The number of H-pyrrole nitrogens is 1. The molecule has 0 bridgehead atoms. The number of aromatic nitrogens is 5. The third-order valence-electron chi connectivity index (χ3n) is 4.17. The molecule has 0 saturated heterocycles. The maximum absolute atomic E-state index is 6.63. The van der Waals surface area contributed by atoms with E-state index >= 15 is 0 Å². The van der Waals surface area contributed by atoms with Crippen molar-refractivity contribution in [2.24, 2.45) is 0 Å². The van der Waals surface area contributed by atoms with Crippen LogP contribution in [0.25, 0.3) is 11.8 Å². The molecule has 28 heavy (non-hydrogen) atoms. The van der Waals surface area contributed by atoms with E-state index in [2.05, 4.69) is 31.5 Å². The smallest absolute Gasteiger partial charge is 0.163 e. The number of aromatic amines is 1. The van der Waals surface area contributed by atoms with E-state index in [1.807, 2.05) is 26.8 Å². The summed E-state index contributed by atoms with van der Waals surface area (Å²) in [5.41, 5.74) is 2.84. The fraction of sp³-hybridized carbons (Fsp3) is 0.238. The maximum Gasteiger partial charge on any atom is 0.163 e. The number of hydrogen-bond acceptors (Lipinski definition) is 5. The summed E-state index contributed by atoms with van der Waals surface area (Å²) in [5.74, 6) is 1.91. The molecule has 6 nitrogen and oxygen atoms in total. The maximum atomic E-state index is 6.63. The number of ether oxygens (including phenoxy) is 1. The summed E-state index contributed by atoms with van der Waals surface area (Å²) < 4.78 is 5.95. The Morgan fingerprint density at radius 1 is 1.21 bits per heavy atom. The summed E-state index contributed by atoms with van der Waals surface area (Å²) >= 11 is 6.63. The lowest BCUT2D eigenvalue weighted by molar-refractivity contribution is 0.497. The summed E-state index contributed by atoms with van der Waals surface area (Å²) in [6, 6.07) is 0. The zero-order valence-electron chi connectivity index (χ0n) is 16.2. The number of aryl methyl sites for hydroxylation is 2. The van der Waals surface area contributed by atoms with Gasteiger partial charge in [0.2, 0.25) is 0 Å². The Kier molecular flexibility index (Phi) is 6.21. The first-order valence-corrected chi connectivity index (χ1v) is 9.32. The van der Waals surface area contributed by atoms with Crippen LogP contribution in [0.2, 0.25) is 5.02 Å². The van der Waals surface area contributed by atoms with Gasteiger partial charge in [-0.2, -0.15) is 0 Å². The number of nitrogens with zero attached hydrogens (tertiary/aromatic N) is 4. The highest BCUT2D eigenvalue weighted by Gasteiger charge is 2.10. The monoisotopic (exact) mass is 395 g/mol. The molecule has 0 radical (unpaired) electrons. The third kappa shape index (κ3) is 4.64. The Balaban J connectivity index is 2.01. The third-order valence-corrected chi connectivity index (χ3v) is 4.58. The van der Waals surface area contributed by atoms with Gasteiger partial charge in [0.1, 0.15) is 17.9 Å².